The van der Waals surface area contributed by atoms with E-state index in [9.17, 15) is 0 Å². The highest BCUT2D eigenvalue weighted by molar-refractivity contribution is 14.0. The zero-order valence-electron chi connectivity index (χ0n) is 13.9. The number of nitrogens with zero attached hydrogens (tertiary/aromatic N) is 5. The number of nitrogens with one attached hydrogen (secondary N) is 1. The predicted octanol–water partition coefficient (Wildman–Crippen LogP) is 0.520. The van der Waals surface area contributed by atoms with E-state index in [0.29, 0.717) is 6.04 Å². The second kappa shape index (κ2) is 8.84. The number of likely N-dealkylation sites (tertiary alicyclic amines) is 1. The Balaban J connectivity index is 0.00000192. The van der Waals surface area contributed by atoms with Crippen molar-refractivity contribution in [1.82, 2.24) is 24.9 Å². The Morgan fingerprint density at radius 3 is 2.83 bits per heavy atom. The van der Waals surface area contributed by atoms with Gasteiger partial charge in [-0.1, -0.05) is 0 Å². The van der Waals surface area contributed by atoms with Gasteiger partial charge in [-0.05, 0) is 12.5 Å². The summed E-state index contributed by atoms with van der Waals surface area (Å²) in [6.07, 6.45) is 3.02. The van der Waals surface area contributed by atoms with Gasteiger partial charge in [-0.15, -0.1) is 24.0 Å². The zero-order valence-corrected chi connectivity index (χ0v) is 16.3. The highest BCUT2D eigenvalue weighted by atomic mass is 127. The first-order valence-electron chi connectivity index (χ1n) is 8.02. The van der Waals surface area contributed by atoms with Crippen LogP contribution >= 0.6 is 24.0 Å². The van der Waals surface area contributed by atoms with Gasteiger partial charge < -0.3 is 15.0 Å². The van der Waals surface area contributed by atoms with Crippen LogP contribution in [0.15, 0.2) is 17.3 Å². The Labute approximate surface area is 155 Å². The molecule has 1 aromatic heterocycles. The number of halogens is 1. The summed E-state index contributed by atoms with van der Waals surface area (Å²) >= 11 is 0. The molecule has 0 radical (unpaired) electrons. The normalized spacial score (nSPS) is 23.0. The fourth-order valence-corrected chi connectivity index (χ4v) is 3.25. The molecule has 1 atom stereocenters. The number of aryl methyl sites for hydroxylation is 1. The number of hydrogen-bond donors (Lipinski definition) is 1. The Kier molecular flexibility index (Phi) is 7.09. The van der Waals surface area contributed by atoms with Gasteiger partial charge >= 0.3 is 0 Å². The molecule has 3 heterocycles. The lowest BCUT2D eigenvalue weighted by Gasteiger charge is -2.32. The lowest BCUT2D eigenvalue weighted by molar-refractivity contribution is 0.0195. The van der Waals surface area contributed by atoms with Crippen LogP contribution in [0, 0.1) is 0 Å². The molecule has 2 fully saturated rings. The quantitative estimate of drug-likeness (QED) is 0.427. The summed E-state index contributed by atoms with van der Waals surface area (Å²) in [5.74, 6) is 0.983. The van der Waals surface area contributed by atoms with Gasteiger partial charge in [0.05, 0.1) is 25.5 Å². The molecule has 2 aliphatic rings. The first kappa shape index (κ1) is 18.5. The molecule has 8 heteroatoms. The van der Waals surface area contributed by atoms with Crippen molar-refractivity contribution in [1.29, 1.82) is 0 Å². The SMILES string of the molecule is CN=C(NCc1ccnn1C)N1CCC(N2CCOCC2)C1.I. The molecule has 0 aromatic carbocycles. The molecule has 0 bridgehead atoms. The average molecular weight is 434 g/mol. The Hall–Kier alpha value is -0.870. The molecular formula is C15H27IN6O. The summed E-state index contributed by atoms with van der Waals surface area (Å²) < 4.78 is 7.34. The fraction of sp³-hybridized carbons (Fsp3) is 0.733. The summed E-state index contributed by atoms with van der Waals surface area (Å²) in [4.78, 5) is 9.35. The van der Waals surface area contributed by atoms with Crippen LogP contribution in [0.25, 0.3) is 0 Å². The van der Waals surface area contributed by atoms with Gasteiger partial charge in [-0.3, -0.25) is 14.6 Å². The van der Waals surface area contributed by atoms with Crippen molar-refractivity contribution >= 4 is 29.9 Å². The van der Waals surface area contributed by atoms with E-state index in [0.717, 1.165) is 57.6 Å². The van der Waals surface area contributed by atoms with Crippen LogP contribution in [0.1, 0.15) is 12.1 Å². The molecule has 2 saturated heterocycles. The number of rotatable bonds is 3. The summed E-state index contributed by atoms with van der Waals surface area (Å²) in [6, 6.07) is 2.65. The second-order valence-electron chi connectivity index (χ2n) is 5.88. The monoisotopic (exact) mass is 434 g/mol. The smallest absolute Gasteiger partial charge is 0.194 e. The van der Waals surface area contributed by atoms with Crippen molar-refractivity contribution in [2.75, 3.05) is 46.4 Å². The van der Waals surface area contributed by atoms with Gasteiger partial charge in [0, 0.05) is 52.5 Å². The molecule has 0 saturated carbocycles. The average Bonchev–Trinajstić information content (AvgIpc) is 3.19. The maximum atomic E-state index is 5.45. The van der Waals surface area contributed by atoms with Crippen molar-refractivity contribution < 1.29 is 4.74 Å². The van der Waals surface area contributed by atoms with Crippen LogP contribution in [-0.2, 0) is 18.3 Å². The molecular weight excluding hydrogens is 407 g/mol. The van der Waals surface area contributed by atoms with Crippen LogP contribution in [0.3, 0.4) is 0 Å². The van der Waals surface area contributed by atoms with Crippen molar-refractivity contribution in [3.8, 4) is 0 Å². The van der Waals surface area contributed by atoms with Crippen LogP contribution in [0.5, 0.6) is 0 Å². The lowest BCUT2D eigenvalue weighted by atomic mass is 10.2. The summed E-state index contributed by atoms with van der Waals surface area (Å²) in [6.45, 7) is 6.70. The van der Waals surface area contributed by atoms with E-state index in [1.165, 1.54) is 6.42 Å². The van der Waals surface area contributed by atoms with Crippen LogP contribution in [0.2, 0.25) is 0 Å². The number of morpholine rings is 1. The third kappa shape index (κ3) is 4.57. The molecule has 0 amide bonds. The largest absolute Gasteiger partial charge is 0.379 e. The second-order valence-corrected chi connectivity index (χ2v) is 5.88. The Bertz CT molecular complexity index is 514. The van der Waals surface area contributed by atoms with Gasteiger partial charge in [0.1, 0.15) is 0 Å². The van der Waals surface area contributed by atoms with Crippen LogP contribution in [0.4, 0.5) is 0 Å². The summed E-state index contributed by atoms with van der Waals surface area (Å²) in [5.41, 5.74) is 1.16. The number of aromatic nitrogens is 2. The number of aliphatic imine (C=N–C) groups is 1. The van der Waals surface area contributed by atoms with Crippen LogP contribution < -0.4 is 5.32 Å². The molecule has 1 aromatic rings. The summed E-state index contributed by atoms with van der Waals surface area (Å²) in [5, 5.41) is 7.65. The maximum absolute atomic E-state index is 5.45. The number of hydrogen-bond acceptors (Lipinski definition) is 4. The van der Waals surface area contributed by atoms with E-state index in [-0.39, 0.29) is 24.0 Å². The first-order chi connectivity index (χ1) is 10.8. The van der Waals surface area contributed by atoms with Crippen molar-refractivity contribution in [2.45, 2.75) is 19.0 Å². The van der Waals surface area contributed by atoms with Crippen molar-refractivity contribution in [3.63, 3.8) is 0 Å². The third-order valence-corrected chi connectivity index (χ3v) is 4.59. The van der Waals surface area contributed by atoms with E-state index in [2.05, 4.69) is 25.2 Å². The van der Waals surface area contributed by atoms with E-state index in [4.69, 9.17) is 4.74 Å². The minimum Gasteiger partial charge on any atom is -0.379 e. The molecule has 1 N–H and O–H groups in total. The molecule has 1 unspecified atom stereocenters. The summed E-state index contributed by atoms with van der Waals surface area (Å²) in [7, 11) is 3.82. The first-order valence-corrected chi connectivity index (χ1v) is 8.02. The number of guanidine groups is 1. The highest BCUT2D eigenvalue weighted by Crippen LogP contribution is 2.17. The van der Waals surface area contributed by atoms with Gasteiger partial charge in [-0.25, -0.2) is 0 Å². The van der Waals surface area contributed by atoms with Gasteiger partial charge in [0.25, 0.3) is 0 Å². The predicted molar refractivity (Wildman–Crippen MR) is 101 cm³/mol. The van der Waals surface area contributed by atoms with Gasteiger partial charge in [-0.2, -0.15) is 5.10 Å². The van der Waals surface area contributed by atoms with Crippen molar-refractivity contribution in [3.05, 3.63) is 18.0 Å². The molecule has 0 aliphatic carbocycles. The number of ether oxygens (including phenoxy) is 1. The van der Waals surface area contributed by atoms with E-state index in [1.807, 2.05) is 31.0 Å². The molecule has 2 aliphatic heterocycles. The minimum atomic E-state index is 0. The van der Waals surface area contributed by atoms with Crippen molar-refractivity contribution in [2.24, 2.45) is 12.0 Å². The van der Waals surface area contributed by atoms with Gasteiger partial charge in [0.2, 0.25) is 0 Å². The Morgan fingerprint density at radius 1 is 1.39 bits per heavy atom. The van der Waals surface area contributed by atoms with E-state index in [1.54, 1.807) is 0 Å². The van der Waals surface area contributed by atoms with Crippen LogP contribution in [-0.4, -0.2) is 78.0 Å². The minimum absolute atomic E-state index is 0. The molecule has 3 rings (SSSR count). The molecule has 130 valence electrons. The lowest BCUT2D eigenvalue weighted by Crippen LogP contribution is -2.46. The molecule has 23 heavy (non-hydrogen) atoms. The Morgan fingerprint density at radius 2 is 2.17 bits per heavy atom. The molecule has 7 nitrogen and oxygen atoms in total. The van der Waals surface area contributed by atoms with E-state index < -0.39 is 0 Å². The van der Waals surface area contributed by atoms with E-state index >= 15 is 0 Å². The topological polar surface area (TPSA) is 57.9 Å². The standard InChI is InChI=1S/C15H26N6O.HI/c1-16-15(17-11-13-3-5-18-19(13)2)21-6-4-14(12-21)20-7-9-22-10-8-20;/h3,5,14H,4,6-12H2,1-2H3,(H,16,17);1H. The van der Waals surface area contributed by atoms with Gasteiger partial charge in [0.15, 0.2) is 5.96 Å². The third-order valence-electron chi connectivity index (χ3n) is 4.59. The molecule has 0 spiro atoms. The maximum Gasteiger partial charge on any atom is 0.194 e. The zero-order chi connectivity index (χ0) is 15.4. The highest BCUT2D eigenvalue weighted by Gasteiger charge is 2.30. The fourth-order valence-electron chi connectivity index (χ4n) is 3.25.